The molecule has 1 amide bonds. The van der Waals surface area contributed by atoms with Crippen LogP contribution in [-0.2, 0) is 16.0 Å². The van der Waals surface area contributed by atoms with Crippen LogP contribution in [0.25, 0.3) is 0 Å². The number of benzene rings is 1. The Morgan fingerprint density at radius 1 is 1.50 bits per heavy atom. The first-order valence-electron chi connectivity index (χ1n) is 7.18. The summed E-state index contributed by atoms with van der Waals surface area (Å²) in [5, 5.41) is 3.54. The predicted octanol–water partition coefficient (Wildman–Crippen LogP) is 2.34. The molecule has 2 aliphatic rings. The Hall–Kier alpha value is -0.880. The van der Waals surface area contributed by atoms with Crippen molar-refractivity contribution in [1.29, 1.82) is 0 Å². The molecule has 1 aromatic carbocycles. The predicted molar refractivity (Wildman–Crippen MR) is 85.1 cm³/mol. The molecule has 122 valence electrons. The van der Waals surface area contributed by atoms with E-state index in [1.807, 2.05) is 6.92 Å². The fraction of sp³-hybridized carbons (Fsp3) is 0.533. The van der Waals surface area contributed by atoms with Crippen molar-refractivity contribution < 1.29 is 13.9 Å². The zero-order valence-electron chi connectivity index (χ0n) is 12.3. The quantitative estimate of drug-likeness (QED) is 0.846. The largest absolute Gasteiger partial charge is 0.366 e. The molecule has 2 heterocycles. The van der Waals surface area contributed by atoms with E-state index in [0.717, 1.165) is 12.1 Å². The highest BCUT2D eigenvalue weighted by Crippen LogP contribution is 2.34. The molecule has 0 spiro atoms. The molecule has 7 heteroatoms. The number of nitrogens with zero attached hydrogens (tertiary/aromatic N) is 1. The third-order valence-corrected chi connectivity index (χ3v) is 4.39. The Morgan fingerprint density at radius 3 is 2.95 bits per heavy atom. The minimum absolute atomic E-state index is 0. The van der Waals surface area contributed by atoms with Gasteiger partial charge in [-0.1, -0.05) is 11.6 Å². The highest BCUT2D eigenvalue weighted by atomic mass is 35.5. The molecule has 1 unspecified atom stereocenters. The first kappa shape index (κ1) is 17.5. The normalized spacial score (nSPS) is 24.4. The van der Waals surface area contributed by atoms with Crippen LogP contribution < -0.4 is 5.32 Å². The molecule has 0 radical (unpaired) electrons. The lowest BCUT2D eigenvalue weighted by atomic mass is 9.92. The lowest BCUT2D eigenvalue weighted by molar-refractivity contribution is -0.148. The highest BCUT2D eigenvalue weighted by Gasteiger charge is 2.34. The SMILES string of the molecule is CC1c2c(F)cc(Cl)cc2CCN1C(=O)[C@H]1CNCCO1.Cl. The van der Waals surface area contributed by atoms with Crippen molar-refractivity contribution in [3.8, 4) is 0 Å². The fourth-order valence-electron chi connectivity index (χ4n) is 3.11. The number of morpholine rings is 1. The first-order valence-corrected chi connectivity index (χ1v) is 7.56. The molecule has 0 aliphatic carbocycles. The number of nitrogens with one attached hydrogen (secondary N) is 1. The summed E-state index contributed by atoms with van der Waals surface area (Å²) in [5.74, 6) is -0.417. The number of ether oxygens (including phenoxy) is 1. The lowest BCUT2D eigenvalue weighted by Crippen LogP contribution is -2.51. The van der Waals surface area contributed by atoms with Crippen molar-refractivity contribution in [3.63, 3.8) is 0 Å². The number of rotatable bonds is 1. The van der Waals surface area contributed by atoms with Gasteiger partial charge in [-0.2, -0.15) is 0 Å². The summed E-state index contributed by atoms with van der Waals surface area (Å²) >= 11 is 5.90. The molecule has 4 nitrogen and oxygen atoms in total. The van der Waals surface area contributed by atoms with Gasteiger partial charge < -0.3 is 15.0 Å². The maximum Gasteiger partial charge on any atom is 0.253 e. The lowest BCUT2D eigenvalue weighted by Gasteiger charge is -2.38. The molecule has 1 saturated heterocycles. The van der Waals surface area contributed by atoms with Crippen molar-refractivity contribution in [3.05, 3.63) is 34.1 Å². The van der Waals surface area contributed by atoms with Gasteiger partial charge in [-0.05, 0) is 31.0 Å². The summed E-state index contributed by atoms with van der Waals surface area (Å²) in [7, 11) is 0. The van der Waals surface area contributed by atoms with E-state index >= 15 is 0 Å². The number of carbonyl (C=O) groups is 1. The van der Waals surface area contributed by atoms with Crippen LogP contribution in [0.5, 0.6) is 0 Å². The van der Waals surface area contributed by atoms with Crippen LogP contribution in [-0.4, -0.2) is 43.2 Å². The second-order valence-corrected chi connectivity index (χ2v) is 5.92. The van der Waals surface area contributed by atoms with Crippen molar-refractivity contribution in [1.82, 2.24) is 10.2 Å². The van der Waals surface area contributed by atoms with E-state index in [9.17, 15) is 9.18 Å². The monoisotopic (exact) mass is 348 g/mol. The smallest absolute Gasteiger partial charge is 0.253 e. The zero-order valence-corrected chi connectivity index (χ0v) is 13.8. The number of fused-ring (bicyclic) bond motifs is 1. The van der Waals surface area contributed by atoms with Crippen LogP contribution in [0.4, 0.5) is 4.39 Å². The fourth-order valence-corrected chi connectivity index (χ4v) is 3.34. The number of hydrogen-bond donors (Lipinski definition) is 1. The molecule has 3 rings (SSSR count). The van der Waals surface area contributed by atoms with Crippen LogP contribution in [0, 0.1) is 5.82 Å². The van der Waals surface area contributed by atoms with E-state index < -0.39 is 6.10 Å². The van der Waals surface area contributed by atoms with Crippen LogP contribution in [0.3, 0.4) is 0 Å². The molecule has 1 fully saturated rings. The van der Waals surface area contributed by atoms with Gasteiger partial charge in [-0.3, -0.25) is 4.79 Å². The van der Waals surface area contributed by atoms with Crippen LogP contribution in [0.1, 0.15) is 24.1 Å². The summed E-state index contributed by atoms with van der Waals surface area (Å²) in [6, 6.07) is 2.80. The Balaban J connectivity index is 0.00000176. The molecule has 1 N–H and O–H groups in total. The van der Waals surface area contributed by atoms with Gasteiger partial charge in [0.2, 0.25) is 0 Å². The van der Waals surface area contributed by atoms with Gasteiger partial charge in [0, 0.05) is 30.2 Å². The summed E-state index contributed by atoms with van der Waals surface area (Å²) in [4.78, 5) is 14.3. The maximum absolute atomic E-state index is 14.2. The third kappa shape index (κ3) is 3.23. The standard InChI is InChI=1S/C15H18ClFN2O2.ClH/c1-9-14-10(6-11(16)7-12(14)17)2-4-19(9)15(20)13-8-18-3-5-21-13;/h6-7,9,13,18H,2-5,8H2,1H3;1H/t9?,13-;/m1./s1. The molecule has 2 atom stereocenters. The molecule has 0 aromatic heterocycles. The minimum Gasteiger partial charge on any atom is -0.366 e. The highest BCUT2D eigenvalue weighted by molar-refractivity contribution is 6.30. The van der Waals surface area contributed by atoms with Gasteiger partial charge in [-0.25, -0.2) is 4.39 Å². The van der Waals surface area contributed by atoms with E-state index in [1.54, 1.807) is 11.0 Å². The topological polar surface area (TPSA) is 41.6 Å². The van der Waals surface area contributed by atoms with E-state index in [2.05, 4.69) is 5.32 Å². The van der Waals surface area contributed by atoms with Crippen LogP contribution in [0.2, 0.25) is 5.02 Å². The van der Waals surface area contributed by atoms with Gasteiger partial charge in [0.15, 0.2) is 0 Å². The van der Waals surface area contributed by atoms with Gasteiger partial charge in [0.25, 0.3) is 5.91 Å². The molecule has 0 bridgehead atoms. The molecular formula is C15H19Cl2FN2O2. The van der Waals surface area contributed by atoms with Crippen molar-refractivity contribution in [2.45, 2.75) is 25.5 Å². The van der Waals surface area contributed by atoms with Crippen LogP contribution in [0.15, 0.2) is 12.1 Å². The Bertz CT molecular complexity index is 565. The summed E-state index contributed by atoms with van der Waals surface area (Å²) in [6.45, 7) is 4.21. The van der Waals surface area contributed by atoms with E-state index in [1.165, 1.54) is 6.07 Å². The van der Waals surface area contributed by atoms with E-state index in [-0.39, 0.29) is 30.2 Å². The maximum atomic E-state index is 14.2. The number of amides is 1. The Labute approximate surface area is 140 Å². The first-order chi connectivity index (χ1) is 10.1. The molecular weight excluding hydrogens is 330 g/mol. The molecule has 22 heavy (non-hydrogen) atoms. The second-order valence-electron chi connectivity index (χ2n) is 5.48. The number of carbonyl (C=O) groups excluding carboxylic acids is 1. The summed E-state index contributed by atoms with van der Waals surface area (Å²) in [6.07, 6.45) is 0.140. The van der Waals surface area contributed by atoms with Crippen molar-refractivity contribution >= 4 is 29.9 Å². The zero-order chi connectivity index (χ0) is 15.0. The van der Waals surface area contributed by atoms with E-state index in [4.69, 9.17) is 16.3 Å². The molecule has 0 saturated carbocycles. The van der Waals surface area contributed by atoms with Crippen molar-refractivity contribution in [2.75, 3.05) is 26.2 Å². The Kier molecular flexibility index (Phi) is 5.66. The van der Waals surface area contributed by atoms with Gasteiger partial charge in [0.1, 0.15) is 11.9 Å². The second kappa shape index (κ2) is 7.13. The third-order valence-electron chi connectivity index (χ3n) is 4.17. The Morgan fingerprint density at radius 2 is 2.27 bits per heavy atom. The van der Waals surface area contributed by atoms with E-state index in [0.29, 0.717) is 36.7 Å². The van der Waals surface area contributed by atoms with Crippen LogP contribution >= 0.6 is 24.0 Å². The van der Waals surface area contributed by atoms with Gasteiger partial charge in [0.05, 0.1) is 12.6 Å². The average molecular weight is 349 g/mol. The molecule has 1 aromatic rings. The van der Waals surface area contributed by atoms with Crippen molar-refractivity contribution in [2.24, 2.45) is 0 Å². The summed E-state index contributed by atoms with van der Waals surface area (Å²) < 4.78 is 19.7. The van der Waals surface area contributed by atoms with Gasteiger partial charge >= 0.3 is 0 Å². The molecule has 2 aliphatic heterocycles. The summed E-state index contributed by atoms with van der Waals surface area (Å²) in [5.41, 5.74) is 1.46. The number of hydrogen-bond acceptors (Lipinski definition) is 3. The minimum atomic E-state index is -0.474. The number of halogens is 3. The average Bonchev–Trinajstić information content (AvgIpc) is 2.47. The van der Waals surface area contributed by atoms with Gasteiger partial charge in [-0.15, -0.1) is 12.4 Å².